The Morgan fingerprint density at radius 1 is 0.750 bits per heavy atom. The highest BCUT2D eigenvalue weighted by Crippen LogP contribution is 2.53. The van der Waals surface area contributed by atoms with Crippen LogP contribution in [0.1, 0.15) is 0 Å². The minimum atomic E-state index is -5.05. The number of aliphatic hydroxyl groups is 2. The van der Waals surface area contributed by atoms with Gasteiger partial charge in [0.15, 0.2) is 12.2 Å². The molecule has 0 aliphatic rings. The first-order chi connectivity index (χ1) is 12.4. The molecule has 0 spiro atoms. The standard InChI is InChI=1S/C4H6O6.C3H6N6.H4O7P2/c5-1(3(7)8)2(6)4(9)10;4-1-7-2(5)9-3(6)8-1;1-8(2,3)7-9(4,5)6/h1-2,5-6H,(H,7,8)(H,9,10);(H6,4,5,6,7,8,9);(H2,1,2,3)(H2,4,5,6). The molecule has 28 heavy (non-hydrogen) atoms. The van der Waals surface area contributed by atoms with Crippen molar-refractivity contribution in [2.45, 2.75) is 12.2 Å². The molecule has 19 nitrogen and oxygen atoms in total. The second-order valence-electron chi connectivity index (χ2n) is 4.04. The number of phosphoric acid groups is 2. The lowest BCUT2D eigenvalue weighted by Crippen LogP contribution is -2.39. The molecule has 1 rings (SSSR count). The quantitative estimate of drug-likeness (QED) is 0.187. The van der Waals surface area contributed by atoms with Crippen LogP contribution in [0.3, 0.4) is 0 Å². The zero-order valence-corrected chi connectivity index (χ0v) is 15.0. The Kier molecular flexibility index (Phi) is 11.3. The van der Waals surface area contributed by atoms with Gasteiger partial charge in [-0.25, -0.2) is 18.7 Å². The minimum absolute atomic E-state index is 0.0417. The Hall–Kier alpha value is -2.47. The normalized spacial score (nSPS) is 13.1. The fourth-order valence-corrected chi connectivity index (χ4v) is 1.94. The van der Waals surface area contributed by atoms with Gasteiger partial charge in [0.2, 0.25) is 17.8 Å². The van der Waals surface area contributed by atoms with Crippen molar-refractivity contribution in [3.63, 3.8) is 0 Å². The Morgan fingerprint density at radius 2 is 0.964 bits per heavy atom. The van der Waals surface area contributed by atoms with Gasteiger partial charge in [-0.15, -0.1) is 0 Å². The first kappa shape index (κ1) is 27.7. The van der Waals surface area contributed by atoms with Gasteiger partial charge < -0.3 is 57.2 Å². The average Bonchev–Trinajstić information content (AvgIpc) is 2.41. The molecule has 0 saturated carbocycles. The van der Waals surface area contributed by atoms with E-state index in [2.05, 4.69) is 19.3 Å². The molecule has 14 N–H and O–H groups in total. The van der Waals surface area contributed by atoms with Crippen LogP contribution in [-0.4, -0.2) is 79.1 Å². The highest BCUT2D eigenvalue weighted by atomic mass is 31.3. The van der Waals surface area contributed by atoms with E-state index >= 15 is 0 Å². The third-order valence-corrected chi connectivity index (χ3v) is 3.41. The molecule has 1 aromatic rings. The topological polar surface area (TPSA) is 356 Å². The van der Waals surface area contributed by atoms with Crippen molar-refractivity contribution in [1.29, 1.82) is 0 Å². The lowest BCUT2D eigenvalue weighted by atomic mass is 10.2. The number of rotatable bonds is 5. The van der Waals surface area contributed by atoms with Crippen molar-refractivity contribution in [3.05, 3.63) is 0 Å². The van der Waals surface area contributed by atoms with E-state index in [4.69, 9.17) is 57.2 Å². The molecule has 0 bridgehead atoms. The molecule has 0 amide bonds. The van der Waals surface area contributed by atoms with E-state index in [9.17, 15) is 18.7 Å². The van der Waals surface area contributed by atoms with Crippen LogP contribution in [0, 0.1) is 0 Å². The van der Waals surface area contributed by atoms with Crippen molar-refractivity contribution in [2.24, 2.45) is 0 Å². The smallest absolute Gasteiger partial charge is 0.478 e. The number of hydrogen-bond acceptors (Lipinski definition) is 13. The molecule has 0 aliphatic heterocycles. The number of carboxylic acids is 2. The van der Waals surface area contributed by atoms with Gasteiger partial charge in [0, 0.05) is 0 Å². The number of carboxylic acid groups (broad SMARTS) is 2. The van der Waals surface area contributed by atoms with Crippen molar-refractivity contribution in [2.75, 3.05) is 17.2 Å². The van der Waals surface area contributed by atoms with E-state index in [0.29, 0.717) is 0 Å². The van der Waals surface area contributed by atoms with E-state index in [1.54, 1.807) is 0 Å². The zero-order chi connectivity index (χ0) is 22.9. The second-order valence-corrected chi connectivity index (χ2v) is 6.65. The summed E-state index contributed by atoms with van der Waals surface area (Å²) in [5.74, 6) is -3.41. The number of aliphatic hydroxyl groups excluding tert-OH is 2. The van der Waals surface area contributed by atoms with Gasteiger partial charge in [0.1, 0.15) is 0 Å². The second kappa shape index (κ2) is 11.4. The van der Waals surface area contributed by atoms with Crippen molar-refractivity contribution >= 4 is 45.4 Å². The predicted molar refractivity (Wildman–Crippen MR) is 85.5 cm³/mol. The number of hydrogen-bond donors (Lipinski definition) is 11. The summed E-state index contributed by atoms with van der Waals surface area (Å²) >= 11 is 0. The highest BCUT2D eigenvalue weighted by molar-refractivity contribution is 7.60. The van der Waals surface area contributed by atoms with Gasteiger partial charge in [0.25, 0.3) is 0 Å². The van der Waals surface area contributed by atoms with Crippen molar-refractivity contribution < 1.29 is 63.0 Å². The summed E-state index contributed by atoms with van der Waals surface area (Å²) in [6.45, 7) is 0. The summed E-state index contributed by atoms with van der Waals surface area (Å²) in [6, 6.07) is 0. The van der Waals surface area contributed by atoms with Gasteiger partial charge in [-0.2, -0.15) is 19.3 Å². The Balaban J connectivity index is 0. The van der Waals surface area contributed by atoms with Crippen LogP contribution in [0.5, 0.6) is 0 Å². The van der Waals surface area contributed by atoms with E-state index in [1.165, 1.54) is 0 Å². The number of nitrogens with two attached hydrogens (primary N) is 3. The molecule has 21 heteroatoms. The van der Waals surface area contributed by atoms with Gasteiger partial charge >= 0.3 is 27.6 Å². The number of aliphatic carboxylic acids is 2. The van der Waals surface area contributed by atoms with Crippen LogP contribution < -0.4 is 17.2 Å². The predicted octanol–water partition coefficient (Wildman–Crippen LogP) is -4.32. The third-order valence-electron chi connectivity index (χ3n) is 1.71. The number of aromatic nitrogens is 3. The number of carbonyl (C=O) groups is 2. The van der Waals surface area contributed by atoms with E-state index in [0.717, 1.165) is 0 Å². The lowest BCUT2D eigenvalue weighted by Gasteiger charge is -2.07. The maximum absolute atomic E-state index is 9.77. The van der Waals surface area contributed by atoms with Gasteiger partial charge in [-0.3, -0.25) is 0 Å². The van der Waals surface area contributed by atoms with Crippen LogP contribution in [0.25, 0.3) is 0 Å². The van der Waals surface area contributed by atoms with Crippen LogP contribution >= 0.6 is 15.6 Å². The summed E-state index contributed by atoms with van der Waals surface area (Å²) < 4.78 is 22.2. The summed E-state index contributed by atoms with van der Waals surface area (Å²) in [7, 11) is -10.1. The van der Waals surface area contributed by atoms with Crippen LogP contribution in [0.4, 0.5) is 17.8 Å². The molecule has 162 valence electrons. The maximum Gasteiger partial charge on any atom is 0.478 e. The van der Waals surface area contributed by atoms with Crippen molar-refractivity contribution in [1.82, 2.24) is 15.0 Å². The molecule has 0 aromatic carbocycles. The van der Waals surface area contributed by atoms with Gasteiger partial charge in [-0.05, 0) is 0 Å². The summed E-state index contributed by atoms with van der Waals surface area (Å²) in [5, 5.41) is 32.5. The molecule has 2 atom stereocenters. The molecule has 1 aromatic heterocycles. The molecule has 0 saturated heterocycles. The Labute approximate surface area is 153 Å². The number of anilines is 3. The minimum Gasteiger partial charge on any atom is -0.479 e. The lowest BCUT2D eigenvalue weighted by molar-refractivity contribution is -0.165. The van der Waals surface area contributed by atoms with Crippen LogP contribution in [-0.2, 0) is 23.0 Å². The molecule has 2 unspecified atom stereocenters. The SMILES string of the molecule is Nc1nc(N)nc(N)n1.O=C(O)C(O)C(O)C(=O)O.O=P(O)(O)OP(=O)(O)O. The van der Waals surface area contributed by atoms with Crippen LogP contribution in [0.15, 0.2) is 0 Å². The molecule has 0 fully saturated rings. The summed E-state index contributed by atoms with van der Waals surface area (Å²) in [5.41, 5.74) is 15.4. The Bertz CT molecular complexity index is 675. The monoisotopic (exact) mass is 454 g/mol. The van der Waals surface area contributed by atoms with E-state index in [-0.39, 0.29) is 17.8 Å². The first-order valence-electron chi connectivity index (χ1n) is 6.02. The van der Waals surface area contributed by atoms with E-state index < -0.39 is 39.8 Å². The molecular weight excluding hydrogens is 438 g/mol. The third kappa shape index (κ3) is 15.8. The number of nitrogens with zero attached hydrogens (tertiary/aromatic N) is 3. The highest BCUT2D eigenvalue weighted by Gasteiger charge is 2.29. The largest absolute Gasteiger partial charge is 0.479 e. The van der Waals surface area contributed by atoms with Gasteiger partial charge in [0.05, 0.1) is 0 Å². The summed E-state index contributed by atoms with van der Waals surface area (Å²) in [4.78, 5) is 61.0. The van der Waals surface area contributed by atoms with Gasteiger partial charge in [-0.1, -0.05) is 0 Å². The summed E-state index contributed by atoms with van der Waals surface area (Å²) in [6.07, 6.45) is -4.53. The molecule has 0 aliphatic carbocycles. The van der Waals surface area contributed by atoms with Crippen molar-refractivity contribution in [3.8, 4) is 0 Å². The first-order valence-corrected chi connectivity index (χ1v) is 9.08. The fourth-order valence-electron chi connectivity index (χ4n) is 0.836. The van der Waals surface area contributed by atoms with Crippen LogP contribution in [0.2, 0.25) is 0 Å². The molecular formula is C7H16N6O13P2. The zero-order valence-electron chi connectivity index (χ0n) is 13.2. The average molecular weight is 454 g/mol. The number of nitrogen functional groups attached to an aromatic ring is 3. The maximum atomic E-state index is 9.77. The molecule has 0 radical (unpaired) electrons. The molecule has 1 heterocycles. The fraction of sp³-hybridized carbons (Fsp3) is 0.286. The Morgan fingerprint density at radius 3 is 1.07 bits per heavy atom. The van der Waals surface area contributed by atoms with E-state index in [1.807, 2.05) is 0 Å².